The molecule has 0 bridgehead atoms. The van der Waals surface area contributed by atoms with Crippen molar-refractivity contribution in [2.24, 2.45) is 4.99 Å². The third kappa shape index (κ3) is 0.391. The summed E-state index contributed by atoms with van der Waals surface area (Å²) in [5.74, 6) is 0. The highest BCUT2D eigenvalue weighted by Gasteiger charge is 2.19. The number of nitrogens with zero attached hydrogens (tertiary/aromatic N) is 1. The Morgan fingerprint density at radius 2 is 2.75 bits per heavy atom. The average Bonchev–Trinajstić information content (AvgIpc) is 2.15. The fourth-order valence-electron chi connectivity index (χ4n) is 0.949. The van der Waals surface area contributed by atoms with Crippen molar-refractivity contribution in [1.82, 2.24) is 10.6 Å². The molecule has 42 valence electrons. The molecule has 0 saturated carbocycles. The lowest BCUT2D eigenvalue weighted by Crippen LogP contribution is -2.18. The largest absolute Gasteiger partial charge is 0.373 e. The maximum absolute atomic E-state index is 4.11. The van der Waals surface area contributed by atoms with Crippen molar-refractivity contribution in [2.45, 2.75) is 6.17 Å². The molecule has 0 spiro atoms. The SMILES string of the molecule is C1=NC2NCNC2=C1. The molecule has 8 heavy (non-hydrogen) atoms. The molecule has 0 aromatic carbocycles. The van der Waals surface area contributed by atoms with E-state index in [4.69, 9.17) is 0 Å². The van der Waals surface area contributed by atoms with Crippen molar-refractivity contribution in [3.63, 3.8) is 0 Å². The molecule has 2 heterocycles. The van der Waals surface area contributed by atoms with Crippen LogP contribution in [0.1, 0.15) is 0 Å². The molecule has 0 aromatic heterocycles. The summed E-state index contributed by atoms with van der Waals surface area (Å²) in [5.41, 5.74) is 1.20. The van der Waals surface area contributed by atoms with E-state index in [1.165, 1.54) is 5.70 Å². The fraction of sp³-hybridized carbons (Fsp3) is 0.400. The molecule has 1 fully saturated rings. The molecular formula is C5H7N3. The second-order valence-electron chi connectivity index (χ2n) is 1.88. The van der Waals surface area contributed by atoms with Crippen LogP contribution < -0.4 is 10.6 Å². The summed E-state index contributed by atoms with van der Waals surface area (Å²) >= 11 is 0. The van der Waals surface area contributed by atoms with Gasteiger partial charge >= 0.3 is 0 Å². The van der Waals surface area contributed by atoms with Crippen molar-refractivity contribution in [3.8, 4) is 0 Å². The van der Waals surface area contributed by atoms with Crippen LogP contribution >= 0.6 is 0 Å². The molecule has 2 aliphatic heterocycles. The Morgan fingerprint density at radius 3 is 3.62 bits per heavy atom. The van der Waals surface area contributed by atoms with Crippen LogP contribution in [0.5, 0.6) is 0 Å². The summed E-state index contributed by atoms with van der Waals surface area (Å²) in [7, 11) is 0. The number of allylic oxidation sites excluding steroid dienone is 1. The number of hydrogen-bond donors (Lipinski definition) is 2. The fourth-order valence-corrected chi connectivity index (χ4v) is 0.949. The monoisotopic (exact) mass is 109 g/mol. The van der Waals surface area contributed by atoms with E-state index in [0.717, 1.165) is 6.67 Å². The van der Waals surface area contributed by atoms with Crippen LogP contribution in [0.2, 0.25) is 0 Å². The minimum atomic E-state index is 0.245. The van der Waals surface area contributed by atoms with Crippen molar-refractivity contribution in [2.75, 3.05) is 6.67 Å². The summed E-state index contributed by atoms with van der Waals surface area (Å²) in [4.78, 5) is 4.11. The average molecular weight is 109 g/mol. The normalized spacial score (nSPS) is 32.0. The van der Waals surface area contributed by atoms with Crippen LogP contribution in [0.15, 0.2) is 16.8 Å². The number of fused-ring (bicyclic) bond motifs is 1. The van der Waals surface area contributed by atoms with E-state index in [0.29, 0.717) is 0 Å². The lowest BCUT2D eigenvalue weighted by atomic mass is 10.4. The lowest BCUT2D eigenvalue weighted by Gasteiger charge is -1.95. The Kier molecular flexibility index (Phi) is 0.676. The minimum absolute atomic E-state index is 0.245. The van der Waals surface area contributed by atoms with Crippen LogP contribution in [0, 0.1) is 0 Å². The number of hydrogen-bond acceptors (Lipinski definition) is 3. The molecule has 0 radical (unpaired) electrons. The van der Waals surface area contributed by atoms with Crippen molar-refractivity contribution >= 4 is 6.21 Å². The first-order valence-corrected chi connectivity index (χ1v) is 2.67. The predicted octanol–water partition coefficient (Wildman–Crippen LogP) is -0.569. The standard InChI is InChI=1S/C5H7N3/c1-2-6-5-4(1)7-3-8-5/h1-2,5,7-8H,3H2. The first kappa shape index (κ1) is 4.09. The molecule has 0 aromatic rings. The van der Waals surface area contributed by atoms with Gasteiger partial charge < -0.3 is 5.32 Å². The Balaban J connectivity index is 2.29. The van der Waals surface area contributed by atoms with Crippen molar-refractivity contribution < 1.29 is 0 Å². The molecule has 0 aliphatic carbocycles. The highest BCUT2D eigenvalue weighted by Crippen LogP contribution is 2.08. The summed E-state index contributed by atoms with van der Waals surface area (Å²) in [6, 6.07) is 0. The smallest absolute Gasteiger partial charge is 0.141 e. The van der Waals surface area contributed by atoms with Crippen LogP contribution in [-0.4, -0.2) is 19.0 Å². The van der Waals surface area contributed by atoms with Gasteiger partial charge in [-0.3, -0.25) is 10.3 Å². The highest BCUT2D eigenvalue weighted by molar-refractivity contribution is 5.76. The van der Waals surface area contributed by atoms with Crippen LogP contribution in [0.25, 0.3) is 0 Å². The van der Waals surface area contributed by atoms with E-state index in [-0.39, 0.29) is 6.17 Å². The molecular weight excluding hydrogens is 102 g/mol. The van der Waals surface area contributed by atoms with Gasteiger partial charge in [-0.1, -0.05) is 0 Å². The minimum Gasteiger partial charge on any atom is -0.373 e. The van der Waals surface area contributed by atoms with Crippen LogP contribution in [0.4, 0.5) is 0 Å². The topological polar surface area (TPSA) is 36.4 Å². The van der Waals surface area contributed by atoms with E-state index in [1.807, 2.05) is 12.3 Å². The molecule has 1 saturated heterocycles. The van der Waals surface area contributed by atoms with Crippen LogP contribution in [0.3, 0.4) is 0 Å². The maximum atomic E-state index is 4.11. The lowest BCUT2D eigenvalue weighted by molar-refractivity contribution is 0.698. The second-order valence-corrected chi connectivity index (χ2v) is 1.88. The maximum Gasteiger partial charge on any atom is 0.141 e. The Bertz CT molecular complexity index is 159. The van der Waals surface area contributed by atoms with Gasteiger partial charge in [-0.05, 0) is 6.08 Å². The molecule has 3 heteroatoms. The zero-order chi connectivity index (χ0) is 5.40. The summed E-state index contributed by atoms with van der Waals surface area (Å²) in [5, 5.41) is 6.28. The molecule has 1 unspecified atom stereocenters. The summed E-state index contributed by atoms with van der Waals surface area (Å²) < 4.78 is 0. The highest BCUT2D eigenvalue weighted by atomic mass is 15.3. The van der Waals surface area contributed by atoms with Gasteiger partial charge in [-0.2, -0.15) is 0 Å². The van der Waals surface area contributed by atoms with E-state index in [1.54, 1.807) is 0 Å². The quantitative estimate of drug-likeness (QED) is 0.437. The molecule has 3 nitrogen and oxygen atoms in total. The second kappa shape index (κ2) is 1.32. The number of rotatable bonds is 0. The third-order valence-corrected chi connectivity index (χ3v) is 1.37. The van der Waals surface area contributed by atoms with Gasteiger partial charge in [0.15, 0.2) is 0 Å². The van der Waals surface area contributed by atoms with Gasteiger partial charge in [0.05, 0.1) is 12.4 Å². The third-order valence-electron chi connectivity index (χ3n) is 1.37. The van der Waals surface area contributed by atoms with E-state index >= 15 is 0 Å². The van der Waals surface area contributed by atoms with E-state index in [2.05, 4.69) is 15.6 Å². The zero-order valence-electron chi connectivity index (χ0n) is 4.39. The van der Waals surface area contributed by atoms with Gasteiger partial charge in [0.25, 0.3) is 0 Å². The Hall–Kier alpha value is -0.830. The summed E-state index contributed by atoms with van der Waals surface area (Å²) in [6.07, 6.45) is 4.05. The van der Waals surface area contributed by atoms with Gasteiger partial charge in [-0.15, -0.1) is 0 Å². The predicted molar refractivity (Wildman–Crippen MR) is 31.5 cm³/mol. The molecule has 1 atom stereocenters. The summed E-state index contributed by atoms with van der Waals surface area (Å²) in [6.45, 7) is 0.855. The zero-order valence-corrected chi connectivity index (χ0v) is 4.39. The van der Waals surface area contributed by atoms with Crippen molar-refractivity contribution in [1.29, 1.82) is 0 Å². The van der Waals surface area contributed by atoms with Gasteiger partial charge in [0.2, 0.25) is 0 Å². The first-order valence-electron chi connectivity index (χ1n) is 2.67. The molecule has 2 rings (SSSR count). The number of nitrogens with one attached hydrogen (secondary N) is 2. The Morgan fingerprint density at radius 1 is 1.75 bits per heavy atom. The molecule has 0 amide bonds. The van der Waals surface area contributed by atoms with Crippen LogP contribution in [-0.2, 0) is 0 Å². The van der Waals surface area contributed by atoms with E-state index < -0.39 is 0 Å². The first-order chi connectivity index (χ1) is 3.97. The van der Waals surface area contributed by atoms with Gasteiger partial charge in [-0.25, -0.2) is 0 Å². The van der Waals surface area contributed by atoms with Crippen molar-refractivity contribution in [3.05, 3.63) is 11.8 Å². The van der Waals surface area contributed by atoms with Gasteiger partial charge in [0.1, 0.15) is 6.17 Å². The van der Waals surface area contributed by atoms with Gasteiger partial charge in [0, 0.05) is 6.21 Å². The molecule has 2 aliphatic rings. The Labute approximate surface area is 47.5 Å². The molecule has 2 N–H and O–H groups in total. The van der Waals surface area contributed by atoms with E-state index in [9.17, 15) is 0 Å². The number of aliphatic imine (C=N–C) groups is 1.